The van der Waals surface area contributed by atoms with Crippen LogP contribution >= 0.6 is 0 Å². The van der Waals surface area contributed by atoms with Crippen LogP contribution in [0, 0.1) is 17.2 Å². The van der Waals surface area contributed by atoms with Gasteiger partial charge in [0.25, 0.3) is 11.8 Å². The third-order valence-corrected chi connectivity index (χ3v) is 4.09. The molecule has 6 heteroatoms. The molecular formula is C20H22N2O4. The number of rotatable bonds is 5. The summed E-state index contributed by atoms with van der Waals surface area (Å²) in [5.74, 6) is 0.278. The van der Waals surface area contributed by atoms with Crippen molar-refractivity contribution in [2.45, 2.75) is 20.8 Å². The average molecular weight is 354 g/mol. The molecule has 136 valence electrons. The van der Waals surface area contributed by atoms with Crippen molar-refractivity contribution in [3.63, 3.8) is 0 Å². The minimum atomic E-state index is -0.534. The van der Waals surface area contributed by atoms with Crippen molar-refractivity contribution in [1.82, 2.24) is 4.90 Å². The number of carbonyl (C=O) groups is 2. The number of ether oxygens (including phenoxy) is 2. The molecule has 0 fully saturated rings. The molecule has 0 aromatic heterocycles. The lowest BCUT2D eigenvalue weighted by Crippen LogP contribution is -2.44. The van der Waals surface area contributed by atoms with Crippen LogP contribution in [-0.4, -0.2) is 37.5 Å². The first-order valence-corrected chi connectivity index (χ1v) is 8.25. The minimum absolute atomic E-state index is 0.00280. The van der Waals surface area contributed by atoms with Gasteiger partial charge in [-0.15, -0.1) is 0 Å². The third-order valence-electron chi connectivity index (χ3n) is 4.09. The molecule has 0 saturated carbocycles. The molecule has 0 N–H and O–H groups in total. The third kappa shape index (κ3) is 3.62. The van der Waals surface area contributed by atoms with Crippen LogP contribution in [0.25, 0.3) is 6.08 Å². The normalized spacial score (nSPS) is 16.3. The second-order valence-electron chi connectivity index (χ2n) is 6.40. The van der Waals surface area contributed by atoms with Gasteiger partial charge in [0.2, 0.25) is 0 Å². The molecule has 1 heterocycles. The second kappa shape index (κ2) is 7.87. The summed E-state index contributed by atoms with van der Waals surface area (Å²) in [5.41, 5.74) is 1.42. The highest BCUT2D eigenvalue weighted by Crippen LogP contribution is 2.31. The standard InChI is InChI=1S/C20H22N2O4/c1-12(2)11-22-19(23)15(13(3)16(10-21)20(22)24)8-14-6-7-17(25-4)18(9-14)26-5/h6-9,12H,11H2,1-5H3/b15-8+. The zero-order valence-electron chi connectivity index (χ0n) is 15.6. The van der Waals surface area contributed by atoms with Gasteiger partial charge in [0.1, 0.15) is 11.6 Å². The van der Waals surface area contributed by atoms with Crippen molar-refractivity contribution in [1.29, 1.82) is 5.26 Å². The largest absolute Gasteiger partial charge is 0.493 e. The van der Waals surface area contributed by atoms with E-state index in [1.54, 1.807) is 38.3 Å². The van der Waals surface area contributed by atoms with Gasteiger partial charge in [0, 0.05) is 12.1 Å². The summed E-state index contributed by atoms with van der Waals surface area (Å²) in [5, 5.41) is 9.37. The van der Waals surface area contributed by atoms with Crippen LogP contribution in [-0.2, 0) is 9.59 Å². The van der Waals surface area contributed by atoms with Crippen LogP contribution in [0.1, 0.15) is 26.3 Å². The number of benzene rings is 1. The summed E-state index contributed by atoms with van der Waals surface area (Å²) in [4.78, 5) is 26.5. The molecule has 1 aliphatic rings. The maximum absolute atomic E-state index is 12.9. The first kappa shape index (κ1) is 19.3. The summed E-state index contributed by atoms with van der Waals surface area (Å²) in [6.45, 7) is 5.71. The number of hydrogen-bond donors (Lipinski definition) is 0. The van der Waals surface area contributed by atoms with Crippen LogP contribution in [0.4, 0.5) is 0 Å². The Labute approximate surface area is 153 Å². The Balaban J connectivity index is 2.57. The molecule has 0 radical (unpaired) electrons. The van der Waals surface area contributed by atoms with Gasteiger partial charge in [-0.3, -0.25) is 14.5 Å². The monoisotopic (exact) mass is 354 g/mol. The summed E-state index contributed by atoms with van der Waals surface area (Å²) >= 11 is 0. The smallest absolute Gasteiger partial charge is 0.271 e. The first-order chi connectivity index (χ1) is 12.3. The van der Waals surface area contributed by atoms with E-state index in [0.717, 1.165) is 4.90 Å². The lowest BCUT2D eigenvalue weighted by molar-refractivity contribution is -0.141. The van der Waals surface area contributed by atoms with E-state index >= 15 is 0 Å². The molecule has 0 atom stereocenters. The molecule has 1 aromatic carbocycles. The fourth-order valence-corrected chi connectivity index (χ4v) is 2.77. The van der Waals surface area contributed by atoms with Crippen molar-refractivity contribution in [3.8, 4) is 17.6 Å². The highest BCUT2D eigenvalue weighted by molar-refractivity contribution is 6.19. The van der Waals surface area contributed by atoms with Crippen LogP contribution in [0.2, 0.25) is 0 Å². The van der Waals surface area contributed by atoms with Gasteiger partial charge < -0.3 is 9.47 Å². The van der Waals surface area contributed by atoms with Crippen LogP contribution in [0.3, 0.4) is 0 Å². The van der Waals surface area contributed by atoms with Gasteiger partial charge in [0.15, 0.2) is 11.5 Å². The number of amides is 2. The van der Waals surface area contributed by atoms with E-state index in [9.17, 15) is 14.9 Å². The second-order valence-corrected chi connectivity index (χ2v) is 6.40. The van der Waals surface area contributed by atoms with Gasteiger partial charge >= 0.3 is 0 Å². The van der Waals surface area contributed by atoms with Crippen LogP contribution in [0.15, 0.2) is 34.9 Å². The van der Waals surface area contributed by atoms with Crippen LogP contribution in [0.5, 0.6) is 11.5 Å². The Hall–Kier alpha value is -3.07. The summed E-state index contributed by atoms with van der Waals surface area (Å²) < 4.78 is 10.5. The number of imide groups is 1. The SMILES string of the molecule is COc1ccc(/C=C2/C(=O)N(CC(C)C)C(=O)C(C#N)=C2C)cc1OC. The van der Waals surface area contributed by atoms with E-state index < -0.39 is 11.8 Å². The molecule has 6 nitrogen and oxygen atoms in total. The molecule has 2 rings (SSSR count). The molecule has 0 bridgehead atoms. The van der Waals surface area contributed by atoms with Gasteiger partial charge in [-0.05, 0) is 42.2 Å². The molecule has 1 aromatic rings. The molecule has 2 amide bonds. The Bertz CT molecular complexity index is 844. The predicted octanol–water partition coefficient (Wildman–Crippen LogP) is 2.95. The molecule has 0 saturated heterocycles. The van der Waals surface area contributed by atoms with Crippen molar-refractivity contribution < 1.29 is 19.1 Å². The highest BCUT2D eigenvalue weighted by Gasteiger charge is 2.35. The van der Waals surface area contributed by atoms with Crippen molar-refractivity contribution in [2.75, 3.05) is 20.8 Å². The first-order valence-electron chi connectivity index (χ1n) is 8.25. The van der Waals surface area contributed by atoms with Gasteiger partial charge in [-0.1, -0.05) is 19.9 Å². The van der Waals surface area contributed by atoms with Gasteiger partial charge in [-0.25, -0.2) is 0 Å². The van der Waals surface area contributed by atoms with E-state index in [-0.39, 0.29) is 18.0 Å². The Kier molecular flexibility index (Phi) is 5.83. The topological polar surface area (TPSA) is 79.6 Å². The van der Waals surface area contributed by atoms with E-state index in [2.05, 4.69) is 0 Å². The van der Waals surface area contributed by atoms with E-state index in [4.69, 9.17) is 9.47 Å². The Morgan fingerprint density at radius 3 is 2.35 bits per heavy atom. The molecule has 26 heavy (non-hydrogen) atoms. The number of nitriles is 1. The molecule has 1 aliphatic heterocycles. The quantitative estimate of drug-likeness (QED) is 0.600. The highest BCUT2D eigenvalue weighted by atomic mass is 16.5. The van der Waals surface area contributed by atoms with Crippen LogP contribution < -0.4 is 9.47 Å². The number of nitrogens with zero attached hydrogens (tertiary/aromatic N) is 2. The number of hydrogen-bond acceptors (Lipinski definition) is 5. The maximum Gasteiger partial charge on any atom is 0.271 e. The van der Waals surface area contributed by atoms with E-state index in [1.807, 2.05) is 19.9 Å². The zero-order valence-corrected chi connectivity index (χ0v) is 15.6. The van der Waals surface area contributed by atoms with E-state index in [0.29, 0.717) is 28.2 Å². The molecule has 0 unspecified atom stereocenters. The Morgan fingerprint density at radius 2 is 1.81 bits per heavy atom. The average Bonchev–Trinajstić information content (AvgIpc) is 2.62. The fraction of sp³-hybridized carbons (Fsp3) is 0.350. The summed E-state index contributed by atoms with van der Waals surface area (Å²) in [6, 6.07) is 7.19. The van der Waals surface area contributed by atoms with Gasteiger partial charge in [-0.2, -0.15) is 5.26 Å². The van der Waals surface area contributed by atoms with Crippen molar-refractivity contribution >= 4 is 17.9 Å². The minimum Gasteiger partial charge on any atom is -0.493 e. The predicted molar refractivity (Wildman–Crippen MR) is 97.4 cm³/mol. The molecule has 0 aliphatic carbocycles. The maximum atomic E-state index is 12.9. The fourth-order valence-electron chi connectivity index (χ4n) is 2.77. The zero-order chi connectivity index (χ0) is 19.4. The van der Waals surface area contributed by atoms with Crippen molar-refractivity contribution in [2.24, 2.45) is 5.92 Å². The summed E-state index contributed by atoms with van der Waals surface area (Å²) in [6.07, 6.45) is 1.66. The van der Waals surface area contributed by atoms with E-state index in [1.165, 1.54) is 7.11 Å². The molecular weight excluding hydrogens is 332 g/mol. The number of carbonyl (C=O) groups excluding carboxylic acids is 2. The van der Waals surface area contributed by atoms with Crippen molar-refractivity contribution in [3.05, 3.63) is 40.5 Å². The number of methoxy groups -OCH3 is 2. The summed E-state index contributed by atoms with van der Waals surface area (Å²) in [7, 11) is 3.07. The lowest BCUT2D eigenvalue weighted by Gasteiger charge is -2.28. The molecule has 0 spiro atoms. The van der Waals surface area contributed by atoms with Gasteiger partial charge in [0.05, 0.1) is 14.2 Å². The Morgan fingerprint density at radius 1 is 1.15 bits per heavy atom. The lowest BCUT2D eigenvalue weighted by atomic mass is 9.93.